The van der Waals surface area contributed by atoms with Gasteiger partial charge in [-0.1, -0.05) is 50.2 Å². The van der Waals surface area contributed by atoms with Gasteiger partial charge in [0.2, 0.25) is 17.7 Å². The predicted molar refractivity (Wildman–Crippen MR) is 197 cm³/mol. The number of aliphatic hydroxyl groups excluding tert-OH is 2. The van der Waals surface area contributed by atoms with Crippen LogP contribution in [0.4, 0.5) is 0 Å². The van der Waals surface area contributed by atoms with Crippen molar-refractivity contribution in [1.82, 2.24) is 15.5 Å². The number of phenols is 1. The molecule has 2 aromatic rings. The fraction of sp³-hybridized carbons (Fsp3) is 0.500. The van der Waals surface area contributed by atoms with E-state index in [9.17, 15) is 44.4 Å². The van der Waals surface area contributed by atoms with Gasteiger partial charge >= 0.3 is 5.97 Å². The molecular weight excluding hydrogens is 688 g/mol. The number of hydrogen-bond acceptors (Lipinski definition) is 11. The van der Waals surface area contributed by atoms with E-state index in [-0.39, 0.29) is 61.8 Å². The Labute approximate surface area is 308 Å². The third kappa shape index (κ3) is 14.4. The summed E-state index contributed by atoms with van der Waals surface area (Å²) >= 11 is 0. The van der Waals surface area contributed by atoms with Gasteiger partial charge in [-0.2, -0.15) is 0 Å². The molecule has 6 atom stereocenters. The molecule has 3 amide bonds. The lowest BCUT2D eigenvalue weighted by Gasteiger charge is -2.35. The number of carboxylic acids is 1. The lowest BCUT2D eigenvalue weighted by molar-refractivity contribution is -0.145. The number of phenolic OH excluding ortho intramolecular Hbond substituents is 1. The van der Waals surface area contributed by atoms with Crippen LogP contribution in [0.25, 0.3) is 0 Å². The molecule has 0 heterocycles. The van der Waals surface area contributed by atoms with Crippen molar-refractivity contribution in [2.75, 3.05) is 19.7 Å². The van der Waals surface area contributed by atoms with E-state index in [2.05, 4.69) is 15.6 Å². The Morgan fingerprint density at radius 2 is 1.51 bits per heavy atom. The third-order valence-electron chi connectivity index (χ3n) is 8.30. The van der Waals surface area contributed by atoms with Crippen LogP contribution in [0, 0.1) is 5.92 Å². The average Bonchev–Trinajstić information content (AvgIpc) is 3.10. The SMILES string of the molecule is CC(C)C[C@H](NC(=O)[C@H](Cc1ccccc1C(=O)[C@H](C)N)N(CC(O)CO)C(=O)[C@@H](N)Cc1ccc(O)cc1)C(=O)N[C@@H](CCCN=C(N)N)C(=O)O. The number of rotatable bonds is 22. The first kappa shape index (κ1) is 44.1. The molecule has 2 rings (SSSR count). The van der Waals surface area contributed by atoms with Crippen LogP contribution in [0.3, 0.4) is 0 Å². The maximum Gasteiger partial charge on any atom is 0.326 e. The Morgan fingerprint density at radius 3 is 2.08 bits per heavy atom. The Morgan fingerprint density at radius 1 is 0.887 bits per heavy atom. The second kappa shape index (κ2) is 21.4. The number of Topliss-reactive ketones (excluding diaryl/α,β-unsaturated/α-hetero) is 1. The van der Waals surface area contributed by atoms with Crippen LogP contribution in [-0.2, 0) is 32.0 Å². The van der Waals surface area contributed by atoms with Crippen molar-refractivity contribution >= 4 is 35.4 Å². The number of aliphatic carboxylic acids is 1. The van der Waals surface area contributed by atoms with Gasteiger partial charge in [-0.25, -0.2) is 4.79 Å². The number of amides is 3. The molecule has 17 nitrogen and oxygen atoms in total. The molecular formula is C36H54N8O9. The molecule has 0 saturated heterocycles. The van der Waals surface area contributed by atoms with Crippen molar-refractivity contribution in [3.8, 4) is 5.75 Å². The van der Waals surface area contributed by atoms with Gasteiger partial charge in [0.05, 0.1) is 24.8 Å². The number of carbonyl (C=O) groups is 5. The number of nitrogens with two attached hydrogens (primary N) is 4. The number of aromatic hydroxyl groups is 1. The highest BCUT2D eigenvalue weighted by Gasteiger charge is 2.37. The highest BCUT2D eigenvalue weighted by atomic mass is 16.4. The van der Waals surface area contributed by atoms with E-state index >= 15 is 0 Å². The monoisotopic (exact) mass is 742 g/mol. The van der Waals surface area contributed by atoms with Gasteiger partial charge < -0.3 is 58.9 Å². The molecule has 0 aliphatic rings. The van der Waals surface area contributed by atoms with E-state index in [0.29, 0.717) is 11.1 Å². The summed E-state index contributed by atoms with van der Waals surface area (Å²) in [4.78, 5) is 72.2. The van der Waals surface area contributed by atoms with Crippen molar-refractivity contribution in [3.63, 3.8) is 0 Å². The van der Waals surface area contributed by atoms with Gasteiger partial charge in [-0.05, 0) is 61.8 Å². The fourth-order valence-corrected chi connectivity index (χ4v) is 5.58. The van der Waals surface area contributed by atoms with Crippen LogP contribution in [0.15, 0.2) is 53.5 Å². The second-order valence-corrected chi connectivity index (χ2v) is 13.4. The fourth-order valence-electron chi connectivity index (χ4n) is 5.58. The summed E-state index contributed by atoms with van der Waals surface area (Å²) in [6, 6.07) is 6.00. The molecule has 0 aliphatic carbocycles. The summed E-state index contributed by atoms with van der Waals surface area (Å²) in [6.07, 6.45) is -1.56. The Hall–Kier alpha value is -5.10. The van der Waals surface area contributed by atoms with E-state index in [4.69, 9.17) is 22.9 Å². The molecule has 0 radical (unpaired) electrons. The summed E-state index contributed by atoms with van der Waals surface area (Å²) < 4.78 is 0. The molecule has 0 fully saturated rings. The van der Waals surface area contributed by atoms with Crippen molar-refractivity contribution in [1.29, 1.82) is 0 Å². The average molecular weight is 743 g/mol. The van der Waals surface area contributed by atoms with Gasteiger partial charge in [0.25, 0.3) is 0 Å². The zero-order valence-corrected chi connectivity index (χ0v) is 30.4. The lowest BCUT2D eigenvalue weighted by atomic mass is 9.93. The molecule has 53 heavy (non-hydrogen) atoms. The minimum absolute atomic E-state index is 0.00121. The molecule has 292 valence electrons. The number of benzene rings is 2. The van der Waals surface area contributed by atoms with Crippen LogP contribution in [-0.4, -0.2) is 117 Å². The normalized spacial score (nSPS) is 14.6. The molecule has 0 aliphatic heterocycles. The molecule has 0 aromatic heterocycles. The topological polar surface area (TPSA) is 310 Å². The van der Waals surface area contributed by atoms with Crippen LogP contribution < -0.4 is 33.6 Å². The van der Waals surface area contributed by atoms with Crippen molar-refractivity contribution < 1.29 is 44.4 Å². The van der Waals surface area contributed by atoms with E-state index in [0.717, 1.165) is 4.90 Å². The van der Waals surface area contributed by atoms with Crippen molar-refractivity contribution in [3.05, 3.63) is 65.2 Å². The molecule has 14 N–H and O–H groups in total. The number of carbonyl (C=O) groups excluding carboxylic acids is 4. The van der Waals surface area contributed by atoms with E-state index in [1.54, 1.807) is 44.2 Å². The van der Waals surface area contributed by atoms with Gasteiger partial charge in [0, 0.05) is 25.1 Å². The van der Waals surface area contributed by atoms with Gasteiger partial charge in [0.15, 0.2) is 11.7 Å². The summed E-state index contributed by atoms with van der Waals surface area (Å²) in [6.45, 7) is 3.88. The standard InChI is InChI=1S/C36H54N8O9/c1-20(2)15-29(32(49)42-28(35(52)53)9-6-14-41-36(39)40)43-33(50)30(17-23-7-4-5-8-26(23)31(48)21(3)37)44(18-25(47)19-45)34(51)27(38)16-22-10-12-24(46)13-11-22/h4-5,7-8,10-13,20-21,25,27-30,45-47H,6,9,14-19,37-38H2,1-3H3,(H,42,49)(H,43,50)(H,52,53)(H4,39,40,41)/t21-,25?,27-,28-,29-,30-/m0/s1. The zero-order chi connectivity index (χ0) is 39.8. The number of aliphatic imine (C=N–C) groups is 1. The number of nitrogens with zero attached hydrogens (tertiary/aromatic N) is 2. The first-order valence-electron chi connectivity index (χ1n) is 17.3. The van der Waals surface area contributed by atoms with Crippen molar-refractivity contribution in [2.45, 2.75) is 89.2 Å². The number of ketones is 1. The number of nitrogens with one attached hydrogen (secondary N) is 2. The van der Waals surface area contributed by atoms with Crippen LogP contribution >= 0.6 is 0 Å². The van der Waals surface area contributed by atoms with Crippen molar-refractivity contribution in [2.24, 2.45) is 33.8 Å². The first-order valence-corrected chi connectivity index (χ1v) is 17.3. The Bertz CT molecular complexity index is 1560. The minimum atomic E-state index is -1.51. The van der Waals surface area contributed by atoms with Gasteiger partial charge in [-0.3, -0.25) is 24.2 Å². The number of hydrogen-bond donors (Lipinski definition) is 10. The smallest absolute Gasteiger partial charge is 0.326 e. The quantitative estimate of drug-likeness (QED) is 0.0292. The predicted octanol–water partition coefficient (Wildman–Crippen LogP) is -1.26. The minimum Gasteiger partial charge on any atom is -0.508 e. The van der Waals surface area contributed by atoms with Gasteiger partial charge in [-0.15, -0.1) is 0 Å². The molecule has 1 unspecified atom stereocenters. The summed E-state index contributed by atoms with van der Waals surface area (Å²) in [7, 11) is 0. The molecule has 17 heteroatoms. The van der Waals surface area contributed by atoms with Crippen LogP contribution in [0.2, 0.25) is 0 Å². The third-order valence-corrected chi connectivity index (χ3v) is 8.30. The van der Waals surface area contributed by atoms with E-state index in [1.165, 1.54) is 25.1 Å². The van der Waals surface area contributed by atoms with E-state index < -0.39 is 78.9 Å². The summed E-state index contributed by atoms with van der Waals surface area (Å²) in [5.74, 6) is -4.56. The lowest BCUT2D eigenvalue weighted by Crippen LogP contribution is -2.60. The number of carboxylic acid groups (broad SMARTS) is 1. The van der Waals surface area contributed by atoms with Gasteiger partial charge in [0.1, 0.15) is 23.9 Å². The molecule has 0 saturated carbocycles. The second-order valence-electron chi connectivity index (χ2n) is 13.4. The summed E-state index contributed by atoms with van der Waals surface area (Å²) in [5, 5.41) is 45.0. The number of aliphatic hydroxyl groups is 2. The zero-order valence-electron chi connectivity index (χ0n) is 30.4. The maximum atomic E-state index is 14.4. The molecule has 2 aromatic carbocycles. The van der Waals surface area contributed by atoms with E-state index in [1.807, 2.05) is 0 Å². The van der Waals surface area contributed by atoms with Crippen LogP contribution in [0.5, 0.6) is 5.75 Å². The maximum absolute atomic E-state index is 14.4. The highest BCUT2D eigenvalue weighted by Crippen LogP contribution is 2.20. The Kier molecular flexibility index (Phi) is 17.8. The largest absolute Gasteiger partial charge is 0.508 e. The molecule has 0 bridgehead atoms. The molecule has 0 spiro atoms. The number of guanidine groups is 1. The highest BCUT2D eigenvalue weighted by molar-refractivity contribution is 6.01. The first-order chi connectivity index (χ1) is 24.9. The Balaban J connectivity index is 2.59. The summed E-state index contributed by atoms with van der Waals surface area (Å²) in [5.41, 5.74) is 24.1. The van der Waals surface area contributed by atoms with Crippen LogP contribution in [0.1, 0.15) is 61.5 Å².